The number of aromatic nitrogens is 3. The number of methoxy groups -OCH3 is 2. The normalized spacial score (nSPS) is 10.6. The van der Waals surface area contributed by atoms with Gasteiger partial charge in [0, 0.05) is 23.3 Å². The van der Waals surface area contributed by atoms with E-state index in [0.717, 1.165) is 21.5 Å². The molecule has 2 N–H and O–H groups in total. The Bertz CT molecular complexity index is 1290. The number of ether oxygens (including phenoxy) is 3. The molecule has 2 amide bonds. The minimum atomic E-state index is -0.393. The molecule has 0 aliphatic rings. The second-order valence-corrected chi connectivity index (χ2v) is 8.00. The molecule has 32 heavy (non-hydrogen) atoms. The first-order valence-electron chi connectivity index (χ1n) is 9.64. The van der Waals surface area contributed by atoms with Crippen molar-refractivity contribution in [3.05, 3.63) is 53.2 Å². The predicted octanol–water partition coefficient (Wildman–Crippen LogP) is 5.16. The number of fused-ring (bicyclic) bond motifs is 1. The van der Waals surface area contributed by atoms with Gasteiger partial charge in [0.2, 0.25) is 5.13 Å². The van der Waals surface area contributed by atoms with Gasteiger partial charge in [-0.15, -0.1) is 10.2 Å². The maximum absolute atomic E-state index is 12.2. The molecular weight excluding hydrogens is 430 g/mol. The number of anilines is 2. The quantitative estimate of drug-likeness (QED) is 0.417. The highest BCUT2D eigenvalue weighted by molar-refractivity contribution is 7.15. The number of nitrogens with zero attached hydrogens (tertiary/aromatic N) is 3. The summed E-state index contributed by atoms with van der Waals surface area (Å²) in [5.41, 5.74) is 2.19. The Balaban J connectivity index is 1.54. The van der Waals surface area contributed by atoms with Crippen LogP contribution in [0.5, 0.6) is 23.0 Å². The maximum Gasteiger partial charge on any atom is 0.325 e. The highest BCUT2D eigenvalue weighted by atomic mass is 32.1. The van der Waals surface area contributed by atoms with Gasteiger partial charge in [0.15, 0.2) is 11.5 Å². The molecule has 0 radical (unpaired) electrons. The second-order valence-electron chi connectivity index (χ2n) is 6.82. The molecule has 0 saturated carbocycles. The molecule has 164 valence electrons. The number of rotatable bonds is 6. The van der Waals surface area contributed by atoms with E-state index in [1.165, 1.54) is 11.3 Å². The van der Waals surface area contributed by atoms with Crippen molar-refractivity contribution in [3.8, 4) is 23.0 Å². The van der Waals surface area contributed by atoms with Crippen molar-refractivity contribution in [2.24, 2.45) is 0 Å². The summed E-state index contributed by atoms with van der Waals surface area (Å²) >= 11 is 1.30. The van der Waals surface area contributed by atoms with Crippen molar-refractivity contribution in [2.75, 3.05) is 24.9 Å². The molecule has 0 aliphatic heterocycles. The lowest BCUT2D eigenvalue weighted by Crippen LogP contribution is -2.19. The molecule has 2 heterocycles. The third-order valence-electron chi connectivity index (χ3n) is 4.61. The lowest BCUT2D eigenvalue weighted by Gasteiger charge is -2.14. The minimum absolute atomic E-state index is 0.393. The molecule has 4 rings (SSSR count). The third kappa shape index (κ3) is 4.54. The minimum Gasteiger partial charge on any atom is -0.493 e. The van der Waals surface area contributed by atoms with Crippen LogP contribution in [-0.2, 0) is 0 Å². The SMILES string of the molecule is COc1cc2nccc(Oc3ccc(NC(=O)Nc4nnc(C)s4)cc3C)c2cc1OC. The summed E-state index contributed by atoms with van der Waals surface area (Å²) in [7, 11) is 3.16. The standard InChI is InChI=1S/C22H21N5O4S/c1-12-9-14(24-21(28)25-22-27-26-13(2)32-22)5-6-17(12)31-18-7-8-23-16-11-20(30-4)19(29-3)10-15(16)18/h5-11H,1-4H3,(H2,24,25,27,28). The monoisotopic (exact) mass is 451 g/mol. The summed E-state index contributed by atoms with van der Waals surface area (Å²) in [5.74, 6) is 2.46. The number of amides is 2. The van der Waals surface area contributed by atoms with Crippen LogP contribution in [0.25, 0.3) is 10.9 Å². The fourth-order valence-corrected chi connectivity index (χ4v) is 3.69. The summed E-state index contributed by atoms with van der Waals surface area (Å²) in [6, 6.07) is 10.4. The summed E-state index contributed by atoms with van der Waals surface area (Å²) < 4.78 is 16.9. The smallest absolute Gasteiger partial charge is 0.325 e. The van der Waals surface area contributed by atoms with Gasteiger partial charge >= 0.3 is 6.03 Å². The first-order valence-corrected chi connectivity index (χ1v) is 10.5. The zero-order valence-corrected chi connectivity index (χ0v) is 18.7. The number of benzene rings is 2. The predicted molar refractivity (Wildman–Crippen MR) is 123 cm³/mol. The van der Waals surface area contributed by atoms with Gasteiger partial charge in [-0.2, -0.15) is 0 Å². The van der Waals surface area contributed by atoms with Crippen LogP contribution < -0.4 is 24.8 Å². The first kappa shape index (κ1) is 21.3. The molecule has 9 nitrogen and oxygen atoms in total. The average molecular weight is 452 g/mol. The van der Waals surface area contributed by atoms with Crippen LogP contribution in [-0.4, -0.2) is 35.4 Å². The van der Waals surface area contributed by atoms with Crippen LogP contribution >= 0.6 is 11.3 Å². The van der Waals surface area contributed by atoms with Gasteiger partial charge in [-0.25, -0.2) is 4.79 Å². The van der Waals surface area contributed by atoms with E-state index in [1.54, 1.807) is 44.7 Å². The molecule has 0 spiro atoms. The molecule has 0 bridgehead atoms. The molecule has 2 aromatic carbocycles. The number of hydrogen-bond acceptors (Lipinski definition) is 8. The molecule has 0 aliphatic carbocycles. The van der Waals surface area contributed by atoms with Crippen molar-refractivity contribution >= 4 is 39.1 Å². The summed E-state index contributed by atoms with van der Waals surface area (Å²) in [5, 5.41) is 15.2. The molecular formula is C22H21N5O4S. The highest BCUT2D eigenvalue weighted by Crippen LogP contribution is 2.37. The van der Waals surface area contributed by atoms with Crippen molar-refractivity contribution in [3.63, 3.8) is 0 Å². The highest BCUT2D eigenvalue weighted by Gasteiger charge is 2.13. The van der Waals surface area contributed by atoms with Crippen molar-refractivity contribution < 1.29 is 19.0 Å². The Kier molecular flexibility index (Phi) is 6.04. The van der Waals surface area contributed by atoms with E-state index in [9.17, 15) is 4.79 Å². The summed E-state index contributed by atoms with van der Waals surface area (Å²) in [6.45, 7) is 3.72. The number of carbonyl (C=O) groups excluding carboxylic acids is 1. The molecule has 0 atom stereocenters. The Morgan fingerprint density at radius 3 is 2.38 bits per heavy atom. The summed E-state index contributed by atoms with van der Waals surface area (Å²) in [4.78, 5) is 16.6. The van der Waals surface area contributed by atoms with E-state index in [-0.39, 0.29) is 0 Å². The van der Waals surface area contributed by atoms with Crippen LogP contribution in [0.4, 0.5) is 15.6 Å². The molecule has 10 heteroatoms. The fraction of sp³-hybridized carbons (Fsp3) is 0.182. The van der Waals surface area contributed by atoms with Crippen molar-refractivity contribution in [2.45, 2.75) is 13.8 Å². The molecule has 0 fully saturated rings. The number of pyridine rings is 1. The van der Waals surface area contributed by atoms with E-state index in [2.05, 4.69) is 25.8 Å². The van der Waals surface area contributed by atoms with Crippen LogP contribution in [0.1, 0.15) is 10.6 Å². The Hall–Kier alpha value is -3.92. The van der Waals surface area contributed by atoms with Gasteiger partial charge in [0.25, 0.3) is 0 Å². The number of hydrogen-bond donors (Lipinski definition) is 2. The Morgan fingerprint density at radius 2 is 1.69 bits per heavy atom. The van der Waals surface area contributed by atoms with Gasteiger partial charge < -0.3 is 19.5 Å². The van der Waals surface area contributed by atoms with Gasteiger partial charge in [0.05, 0.1) is 19.7 Å². The van der Waals surface area contributed by atoms with Crippen LogP contribution in [0.3, 0.4) is 0 Å². The largest absolute Gasteiger partial charge is 0.493 e. The number of urea groups is 1. The topological polar surface area (TPSA) is 107 Å². The first-order chi connectivity index (χ1) is 15.5. The Morgan fingerprint density at radius 1 is 0.906 bits per heavy atom. The Labute approximate surface area is 188 Å². The third-order valence-corrected chi connectivity index (χ3v) is 5.36. The van der Waals surface area contributed by atoms with Gasteiger partial charge in [-0.1, -0.05) is 11.3 Å². The van der Waals surface area contributed by atoms with Gasteiger partial charge in [-0.05, 0) is 49.7 Å². The van der Waals surface area contributed by atoms with E-state index >= 15 is 0 Å². The number of carbonyl (C=O) groups is 1. The number of nitrogens with one attached hydrogen (secondary N) is 2. The van der Waals surface area contributed by atoms with Crippen LogP contribution in [0.15, 0.2) is 42.6 Å². The van der Waals surface area contributed by atoms with Crippen molar-refractivity contribution in [1.82, 2.24) is 15.2 Å². The van der Waals surface area contributed by atoms with Gasteiger partial charge in [0.1, 0.15) is 16.5 Å². The maximum atomic E-state index is 12.2. The molecule has 0 unspecified atom stereocenters. The van der Waals surface area contributed by atoms with E-state index in [0.29, 0.717) is 33.8 Å². The van der Waals surface area contributed by atoms with E-state index in [4.69, 9.17) is 14.2 Å². The molecule has 4 aromatic rings. The number of aryl methyl sites for hydroxylation is 2. The van der Waals surface area contributed by atoms with E-state index in [1.807, 2.05) is 26.0 Å². The second kappa shape index (κ2) is 9.06. The zero-order valence-electron chi connectivity index (χ0n) is 17.9. The lowest BCUT2D eigenvalue weighted by molar-refractivity contribution is 0.262. The lowest BCUT2D eigenvalue weighted by atomic mass is 10.1. The molecule has 2 aromatic heterocycles. The van der Waals surface area contributed by atoms with E-state index < -0.39 is 6.03 Å². The zero-order chi connectivity index (χ0) is 22.7. The van der Waals surface area contributed by atoms with Gasteiger partial charge in [-0.3, -0.25) is 10.3 Å². The van der Waals surface area contributed by atoms with Crippen LogP contribution in [0, 0.1) is 13.8 Å². The van der Waals surface area contributed by atoms with Crippen LogP contribution in [0.2, 0.25) is 0 Å². The van der Waals surface area contributed by atoms with Crippen molar-refractivity contribution in [1.29, 1.82) is 0 Å². The fourth-order valence-electron chi connectivity index (χ4n) is 3.10. The molecule has 0 saturated heterocycles. The summed E-state index contributed by atoms with van der Waals surface area (Å²) in [6.07, 6.45) is 1.67. The average Bonchev–Trinajstić information content (AvgIpc) is 3.19.